The zero-order valence-corrected chi connectivity index (χ0v) is 15.3. The van der Waals surface area contributed by atoms with Crippen molar-refractivity contribution in [3.63, 3.8) is 0 Å². The summed E-state index contributed by atoms with van der Waals surface area (Å²) in [7, 11) is 1.50. The maximum absolute atomic E-state index is 10.3. The average Bonchev–Trinajstić information content (AvgIpc) is 3.12. The number of methoxy groups -OCH3 is 1. The van der Waals surface area contributed by atoms with Gasteiger partial charge in [0.15, 0.2) is 11.5 Å². The van der Waals surface area contributed by atoms with E-state index in [9.17, 15) is 10.2 Å². The van der Waals surface area contributed by atoms with Gasteiger partial charge in [-0.1, -0.05) is 18.2 Å². The summed E-state index contributed by atoms with van der Waals surface area (Å²) in [5.41, 5.74) is 2.71. The molecule has 0 radical (unpaired) electrons. The summed E-state index contributed by atoms with van der Waals surface area (Å²) in [5, 5.41) is 21.2. The lowest BCUT2D eigenvalue weighted by atomic mass is 10.1. The molecular formula is C21H16N2O3S. The average molecular weight is 376 g/mol. The lowest BCUT2D eigenvalue weighted by Crippen LogP contribution is -1.88. The van der Waals surface area contributed by atoms with Gasteiger partial charge in [-0.2, -0.15) is 0 Å². The van der Waals surface area contributed by atoms with E-state index in [1.807, 2.05) is 24.3 Å². The molecule has 0 aliphatic rings. The van der Waals surface area contributed by atoms with Gasteiger partial charge in [-0.05, 0) is 42.5 Å². The maximum atomic E-state index is 10.3. The van der Waals surface area contributed by atoms with E-state index in [0.29, 0.717) is 22.6 Å². The fourth-order valence-corrected chi connectivity index (χ4v) is 3.71. The lowest BCUT2D eigenvalue weighted by Gasteiger charge is -2.05. The fraction of sp³-hybridized carbons (Fsp3) is 0.0476. The molecule has 0 atom stereocenters. The normalized spacial score (nSPS) is 11.3. The summed E-state index contributed by atoms with van der Waals surface area (Å²) < 4.78 is 6.17. The van der Waals surface area contributed by atoms with Crippen molar-refractivity contribution in [2.75, 3.05) is 7.11 Å². The molecular weight excluding hydrogens is 360 g/mol. The Hall–Kier alpha value is -3.38. The second kappa shape index (κ2) is 7.09. The first-order valence-corrected chi connectivity index (χ1v) is 9.06. The molecule has 5 nitrogen and oxygen atoms in total. The second-order valence-electron chi connectivity index (χ2n) is 5.84. The van der Waals surface area contributed by atoms with Crippen LogP contribution in [0.1, 0.15) is 5.56 Å². The molecule has 0 bridgehead atoms. The van der Waals surface area contributed by atoms with E-state index in [0.717, 1.165) is 15.2 Å². The summed E-state index contributed by atoms with van der Waals surface area (Å²) in [6, 6.07) is 18.1. The number of ether oxygens (including phenoxy) is 1. The molecule has 0 spiro atoms. The van der Waals surface area contributed by atoms with Gasteiger partial charge in [0.05, 0.1) is 28.6 Å². The zero-order valence-electron chi connectivity index (χ0n) is 14.5. The molecule has 0 saturated carbocycles. The standard InChI is InChI=1S/C21H16N2O3S/c1-26-18-7-4-5-13(20(18)25)12-22-14-9-10-17(24)15(11-14)21-23-16-6-2-3-8-19(16)27-21/h2-12,24-25H,1H3. The van der Waals surface area contributed by atoms with Gasteiger partial charge >= 0.3 is 0 Å². The lowest BCUT2D eigenvalue weighted by molar-refractivity contribution is 0.373. The van der Waals surface area contributed by atoms with Crippen LogP contribution in [0, 0.1) is 0 Å². The molecule has 6 heteroatoms. The Morgan fingerprint density at radius 2 is 1.89 bits per heavy atom. The van der Waals surface area contributed by atoms with Crippen LogP contribution in [0.15, 0.2) is 65.7 Å². The van der Waals surface area contributed by atoms with E-state index in [2.05, 4.69) is 9.98 Å². The van der Waals surface area contributed by atoms with Crippen molar-refractivity contribution < 1.29 is 14.9 Å². The fourth-order valence-electron chi connectivity index (χ4n) is 2.72. The highest BCUT2D eigenvalue weighted by molar-refractivity contribution is 7.21. The summed E-state index contributed by atoms with van der Waals surface area (Å²) in [4.78, 5) is 9.01. The van der Waals surface area contributed by atoms with Gasteiger partial charge in [-0.25, -0.2) is 4.98 Å². The third-order valence-corrected chi connectivity index (χ3v) is 5.18. The van der Waals surface area contributed by atoms with Crippen molar-refractivity contribution in [3.05, 3.63) is 66.2 Å². The van der Waals surface area contributed by atoms with Crippen molar-refractivity contribution in [2.45, 2.75) is 0 Å². The molecule has 27 heavy (non-hydrogen) atoms. The van der Waals surface area contributed by atoms with Crippen LogP contribution in [-0.4, -0.2) is 28.5 Å². The monoisotopic (exact) mass is 376 g/mol. The number of fused-ring (bicyclic) bond motifs is 1. The summed E-state index contributed by atoms with van der Waals surface area (Å²) in [6.07, 6.45) is 1.56. The van der Waals surface area contributed by atoms with E-state index in [1.54, 1.807) is 42.6 Å². The number of para-hydroxylation sites is 2. The van der Waals surface area contributed by atoms with Crippen LogP contribution in [0.4, 0.5) is 5.69 Å². The smallest absolute Gasteiger partial charge is 0.166 e. The van der Waals surface area contributed by atoms with Crippen molar-refractivity contribution in [1.29, 1.82) is 0 Å². The second-order valence-corrected chi connectivity index (χ2v) is 6.88. The van der Waals surface area contributed by atoms with Crippen LogP contribution < -0.4 is 4.74 Å². The Balaban J connectivity index is 1.70. The first-order chi connectivity index (χ1) is 13.2. The molecule has 0 fully saturated rings. The van der Waals surface area contributed by atoms with Gasteiger partial charge in [0.25, 0.3) is 0 Å². The van der Waals surface area contributed by atoms with E-state index in [4.69, 9.17) is 4.74 Å². The molecule has 0 amide bonds. The minimum absolute atomic E-state index is 0.0360. The molecule has 1 heterocycles. The van der Waals surface area contributed by atoms with Crippen LogP contribution in [0.5, 0.6) is 17.2 Å². The Kier molecular flexibility index (Phi) is 4.48. The quantitative estimate of drug-likeness (QED) is 0.484. The highest BCUT2D eigenvalue weighted by Gasteiger charge is 2.11. The first-order valence-electron chi connectivity index (χ1n) is 8.24. The number of benzene rings is 3. The Labute approximate surface area is 159 Å². The zero-order chi connectivity index (χ0) is 18.8. The molecule has 0 unspecified atom stereocenters. The Morgan fingerprint density at radius 1 is 1.04 bits per heavy atom. The highest BCUT2D eigenvalue weighted by atomic mass is 32.1. The number of hydrogen-bond donors (Lipinski definition) is 2. The highest BCUT2D eigenvalue weighted by Crippen LogP contribution is 2.37. The predicted octanol–water partition coefficient (Wildman–Crippen LogP) is 5.13. The summed E-state index contributed by atoms with van der Waals surface area (Å²) >= 11 is 1.52. The van der Waals surface area contributed by atoms with E-state index in [-0.39, 0.29) is 11.5 Å². The first kappa shape index (κ1) is 17.1. The Morgan fingerprint density at radius 3 is 2.70 bits per heavy atom. The van der Waals surface area contributed by atoms with Crippen LogP contribution in [0.25, 0.3) is 20.8 Å². The van der Waals surface area contributed by atoms with Crippen molar-refractivity contribution >= 4 is 33.5 Å². The molecule has 1 aromatic heterocycles. The molecule has 0 saturated heterocycles. The summed E-state index contributed by atoms with van der Waals surface area (Å²) in [6.45, 7) is 0. The third kappa shape index (κ3) is 3.35. The van der Waals surface area contributed by atoms with Crippen molar-refractivity contribution in [3.8, 4) is 27.8 Å². The number of nitrogens with zero attached hydrogens (tertiary/aromatic N) is 2. The van der Waals surface area contributed by atoms with Gasteiger partial charge in [0.2, 0.25) is 0 Å². The molecule has 3 aromatic carbocycles. The van der Waals surface area contributed by atoms with Gasteiger partial charge < -0.3 is 14.9 Å². The number of aromatic nitrogens is 1. The minimum atomic E-state index is 0.0360. The Bertz CT molecular complexity index is 1120. The van der Waals surface area contributed by atoms with E-state index in [1.165, 1.54) is 18.4 Å². The summed E-state index contributed by atoms with van der Waals surface area (Å²) in [5.74, 6) is 0.575. The van der Waals surface area contributed by atoms with Crippen molar-refractivity contribution in [2.24, 2.45) is 4.99 Å². The van der Waals surface area contributed by atoms with Crippen LogP contribution in [0.3, 0.4) is 0 Å². The van der Waals surface area contributed by atoms with Gasteiger partial charge in [-0.15, -0.1) is 11.3 Å². The number of phenols is 2. The van der Waals surface area contributed by atoms with E-state index < -0.39 is 0 Å². The molecule has 4 aromatic rings. The predicted molar refractivity (Wildman–Crippen MR) is 109 cm³/mol. The van der Waals surface area contributed by atoms with Crippen molar-refractivity contribution in [1.82, 2.24) is 4.98 Å². The molecule has 4 rings (SSSR count). The molecule has 2 N–H and O–H groups in total. The van der Waals surface area contributed by atoms with Gasteiger partial charge in [0.1, 0.15) is 10.8 Å². The number of aromatic hydroxyl groups is 2. The number of aliphatic imine (C=N–C) groups is 1. The third-order valence-electron chi connectivity index (χ3n) is 4.11. The number of rotatable bonds is 4. The maximum Gasteiger partial charge on any atom is 0.166 e. The molecule has 0 aliphatic carbocycles. The number of thiazole rings is 1. The van der Waals surface area contributed by atoms with Crippen LogP contribution in [-0.2, 0) is 0 Å². The largest absolute Gasteiger partial charge is 0.507 e. The molecule has 134 valence electrons. The SMILES string of the molecule is COc1cccc(C=Nc2ccc(O)c(-c3nc4ccccc4s3)c2)c1O. The minimum Gasteiger partial charge on any atom is -0.507 e. The topological polar surface area (TPSA) is 74.9 Å². The van der Waals surface area contributed by atoms with Gasteiger partial charge in [0, 0.05) is 11.8 Å². The number of phenolic OH excluding ortho intramolecular Hbond substituents is 2. The van der Waals surface area contributed by atoms with Gasteiger partial charge in [-0.3, -0.25) is 4.99 Å². The molecule has 0 aliphatic heterocycles. The van der Waals surface area contributed by atoms with E-state index >= 15 is 0 Å². The number of hydrogen-bond acceptors (Lipinski definition) is 6. The van der Waals surface area contributed by atoms with Crippen LogP contribution >= 0.6 is 11.3 Å². The van der Waals surface area contributed by atoms with Crippen LogP contribution in [0.2, 0.25) is 0 Å².